The summed E-state index contributed by atoms with van der Waals surface area (Å²) in [7, 11) is 0. The molecule has 0 atom stereocenters. The van der Waals surface area contributed by atoms with Crippen molar-refractivity contribution < 1.29 is 0 Å². The van der Waals surface area contributed by atoms with Gasteiger partial charge < -0.3 is 4.90 Å². The highest BCUT2D eigenvalue weighted by Crippen LogP contribution is 2.23. The maximum Gasteiger partial charge on any atom is 0.131 e. The van der Waals surface area contributed by atoms with Gasteiger partial charge in [-0.05, 0) is 25.0 Å². The topological polar surface area (TPSA) is 39.9 Å². The Bertz CT molecular complexity index is 378. The van der Waals surface area contributed by atoms with Gasteiger partial charge in [-0.25, -0.2) is 4.98 Å². The van der Waals surface area contributed by atoms with Gasteiger partial charge in [0.1, 0.15) is 5.15 Å². The minimum Gasteiger partial charge on any atom is -0.371 e. The van der Waals surface area contributed by atoms with E-state index in [1.165, 1.54) is 0 Å². The molecule has 3 nitrogen and oxygen atoms in total. The van der Waals surface area contributed by atoms with Crippen molar-refractivity contribution in [1.29, 1.82) is 5.26 Å². The smallest absolute Gasteiger partial charge is 0.131 e. The normalized spacial score (nSPS) is 17.5. The van der Waals surface area contributed by atoms with Crippen molar-refractivity contribution in [3.05, 3.63) is 23.5 Å². The molecule has 0 bridgehead atoms. The first-order chi connectivity index (χ1) is 7.29. The molecule has 1 aliphatic heterocycles. The van der Waals surface area contributed by atoms with E-state index in [1.807, 2.05) is 12.1 Å². The van der Waals surface area contributed by atoms with Gasteiger partial charge >= 0.3 is 0 Å². The van der Waals surface area contributed by atoms with Crippen LogP contribution in [0.2, 0.25) is 5.15 Å². The molecular formula is C11H12ClN3. The molecular weight excluding hydrogens is 210 g/mol. The molecule has 0 amide bonds. The number of rotatable bonds is 1. The highest BCUT2D eigenvalue weighted by atomic mass is 35.5. The lowest BCUT2D eigenvalue weighted by atomic mass is 9.98. The van der Waals surface area contributed by atoms with E-state index in [1.54, 1.807) is 6.20 Å². The van der Waals surface area contributed by atoms with Crippen LogP contribution in [0.4, 0.5) is 5.69 Å². The third kappa shape index (κ3) is 2.40. The third-order valence-corrected chi connectivity index (χ3v) is 2.96. The highest BCUT2D eigenvalue weighted by Gasteiger charge is 2.18. The zero-order valence-corrected chi connectivity index (χ0v) is 9.11. The monoisotopic (exact) mass is 221 g/mol. The molecule has 78 valence electrons. The Labute approximate surface area is 94.3 Å². The number of halogens is 1. The third-order valence-electron chi connectivity index (χ3n) is 2.75. The van der Waals surface area contributed by atoms with Crippen molar-refractivity contribution >= 4 is 17.3 Å². The van der Waals surface area contributed by atoms with Crippen molar-refractivity contribution in [3.63, 3.8) is 0 Å². The van der Waals surface area contributed by atoms with Crippen molar-refractivity contribution in [2.75, 3.05) is 18.0 Å². The molecule has 0 aliphatic carbocycles. The highest BCUT2D eigenvalue weighted by molar-refractivity contribution is 6.29. The summed E-state index contributed by atoms with van der Waals surface area (Å²) in [5.41, 5.74) is 1.10. The van der Waals surface area contributed by atoms with E-state index < -0.39 is 0 Å². The number of nitriles is 1. The van der Waals surface area contributed by atoms with E-state index in [-0.39, 0.29) is 5.92 Å². The molecule has 1 fully saturated rings. The first kappa shape index (κ1) is 10.3. The maximum atomic E-state index is 8.79. The lowest BCUT2D eigenvalue weighted by Crippen LogP contribution is -2.33. The van der Waals surface area contributed by atoms with Crippen LogP contribution >= 0.6 is 11.6 Å². The van der Waals surface area contributed by atoms with Gasteiger partial charge in [-0.1, -0.05) is 11.6 Å². The maximum absolute atomic E-state index is 8.79. The van der Waals surface area contributed by atoms with E-state index >= 15 is 0 Å². The van der Waals surface area contributed by atoms with Crippen LogP contribution in [0.3, 0.4) is 0 Å². The summed E-state index contributed by atoms with van der Waals surface area (Å²) in [6, 6.07) is 6.15. The fraction of sp³-hybridized carbons (Fsp3) is 0.455. The number of aromatic nitrogens is 1. The summed E-state index contributed by atoms with van der Waals surface area (Å²) in [5.74, 6) is 0.221. The molecule has 0 saturated carbocycles. The number of pyridine rings is 1. The lowest BCUT2D eigenvalue weighted by Gasteiger charge is -2.30. The van der Waals surface area contributed by atoms with E-state index in [2.05, 4.69) is 16.0 Å². The van der Waals surface area contributed by atoms with E-state index in [9.17, 15) is 0 Å². The molecule has 0 radical (unpaired) electrons. The molecule has 0 N–H and O–H groups in total. The van der Waals surface area contributed by atoms with E-state index in [4.69, 9.17) is 16.9 Å². The zero-order valence-electron chi connectivity index (χ0n) is 8.36. The Morgan fingerprint density at radius 2 is 2.20 bits per heavy atom. The van der Waals surface area contributed by atoms with Gasteiger partial charge in [0, 0.05) is 30.9 Å². The van der Waals surface area contributed by atoms with E-state index in [0.717, 1.165) is 31.6 Å². The summed E-state index contributed by atoms with van der Waals surface area (Å²) >= 11 is 5.83. The van der Waals surface area contributed by atoms with Crippen LogP contribution in [0.15, 0.2) is 18.3 Å². The molecule has 0 unspecified atom stereocenters. The predicted molar refractivity (Wildman–Crippen MR) is 59.8 cm³/mol. The van der Waals surface area contributed by atoms with Crippen LogP contribution in [0, 0.1) is 17.2 Å². The first-order valence-electron chi connectivity index (χ1n) is 5.05. The van der Waals surface area contributed by atoms with Gasteiger partial charge in [0.2, 0.25) is 0 Å². The molecule has 0 aromatic carbocycles. The summed E-state index contributed by atoms with van der Waals surface area (Å²) < 4.78 is 0. The second-order valence-corrected chi connectivity index (χ2v) is 4.11. The fourth-order valence-corrected chi connectivity index (χ4v) is 2.02. The summed E-state index contributed by atoms with van der Waals surface area (Å²) in [6.07, 6.45) is 3.60. The Morgan fingerprint density at radius 3 is 2.80 bits per heavy atom. The summed E-state index contributed by atoms with van der Waals surface area (Å²) in [6.45, 7) is 1.86. The Hall–Kier alpha value is -1.27. The summed E-state index contributed by atoms with van der Waals surface area (Å²) in [4.78, 5) is 6.20. The second-order valence-electron chi connectivity index (χ2n) is 3.73. The van der Waals surface area contributed by atoms with Crippen LogP contribution in [0.25, 0.3) is 0 Å². The number of hydrogen-bond acceptors (Lipinski definition) is 3. The molecule has 0 spiro atoms. The van der Waals surface area contributed by atoms with Gasteiger partial charge in [0.15, 0.2) is 0 Å². The number of anilines is 1. The van der Waals surface area contributed by atoms with Crippen molar-refractivity contribution in [1.82, 2.24) is 4.98 Å². The molecule has 15 heavy (non-hydrogen) atoms. The van der Waals surface area contributed by atoms with Gasteiger partial charge in [-0.15, -0.1) is 0 Å². The minimum absolute atomic E-state index is 0.221. The molecule has 2 rings (SSSR count). The summed E-state index contributed by atoms with van der Waals surface area (Å²) in [5, 5.41) is 9.32. The number of hydrogen-bond donors (Lipinski definition) is 0. The van der Waals surface area contributed by atoms with Gasteiger partial charge in [0.05, 0.1) is 6.07 Å². The Morgan fingerprint density at radius 1 is 1.47 bits per heavy atom. The van der Waals surface area contributed by atoms with Crippen molar-refractivity contribution in [2.45, 2.75) is 12.8 Å². The Balaban J connectivity index is 2.05. The zero-order chi connectivity index (χ0) is 10.7. The molecule has 1 aromatic heterocycles. The van der Waals surface area contributed by atoms with Crippen molar-refractivity contribution in [3.8, 4) is 6.07 Å². The quantitative estimate of drug-likeness (QED) is 0.684. The van der Waals surface area contributed by atoms with Crippen LogP contribution in [-0.4, -0.2) is 18.1 Å². The van der Waals surface area contributed by atoms with Crippen LogP contribution in [0.1, 0.15) is 12.8 Å². The first-order valence-corrected chi connectivity index (χ1v) is 5.43. The molecule has 2 heterocycles. The van der Waals surface area contributed by atoms with Gasteiger partial charge in [-0.2, -0.15) is 5.26 Å². The van der Waals surface area contributed by atoms with Crippen LogP contribution in [0.5, 0.6) is 0 Å². The van der Waals surface area contributed by atoms with Crippen LogP contribution < -0.4 is 4.90 Å². The predicted octanol–water partition coefficient (Wildman–Crippen LogP) is 2.47. The van der Waals surface area contributed by atoms with E-state index in [0.29, 0.717) is 5.15 Å². The lowest BCUT2D eigenvalue weighted by molar-refractivity contribution is 0.487. The number of piperidine rings is 1. The average molecular weight is 222 g/mol. The SMILES string of the molecule is N#CC1CCN(c2ccnc(Cl)c2)CC1. The fourth-order valence-electron chi connectivity index (χ4n) is 1.86. The largest absolute Gasteiger partial charge is 0.371 e. The Kier molecular flexibility index (Phi) is 3.08. The minimum atomic E-state index is 0.221. The molecule has 1 aromatic rings. The van der Waals surface area contributed by atoms with Gasteiger partial charge in [-0.3, -0.25) is 0 Å². The molecule has 4 heteroatoms. The van der Waals surface area contributed by atoms with Crippen LogP contribution in [-0.2, 0) is 0 Å². The van der Waals surface area contributed by atoms with Gasteiger partial charge in [0.25, 0.3) is 0 Å². The van der Waals surface area contributed by atoms with Crippen molar-refractivity contribution in [2.24, 2.45) is 5.92 Å². The second kappa shape index (κ2) is 4.50. The molecule has 1 aliphatic rings. The standard InChI is InChI=1S/C11H12ClN3/c12-11-7-10(1-4-14-11)15-5-2-9(8-13)3-6-15/h1,4,7,9H,2-3,5-6H2. The average Bonchev–Trinajstić information content (AvgIpc) is 2.29. The molecule has 1 saturated heterocycles. The number of nitrogens with zero attached hydrogens (tertiary/aromatic N) is 3.